The van der Waals surface area contributed by atoms with Crippen molar-refractivity contribution < 1.29 is 19.4 Å². The molecule has 0 radical (unpaired) electrons. The van der Waals surface area contributed by atoms with Gasteiger partial charge in [-0.1, -0.05) is 6.07 Å². The lowest BCUT2D eigenvalue weighted by atomic mass is 10.2. The van der Waals surface area contributed by atoms with Crippen molar-refractivity contribution in [1.82, 2.24) is 0 Å². The third kappa shape index (κ3) is 4.84. The molecule has 0 saturated carbocycles. The van der Waals surface area contributed by atoms with Gasteiger partial charge in [-0.05, 0) is 42.5 Å². The number of carbonyl (C=O) groups is 2. The molecule has 2 aromatic carbocycles. The zero-order valence-corrected chi connectivity index (χ0v) is 13.3. The van der Waals surface area contributed by atoms with Crippen LogP contribution in [-0.2, 0) is 9.53 Å². The molecule has 2 aromatic rings. The van der Waals surface area contributed by atoms with Crippen LogP contribution in [0.2, 0.25) is 0 Å². The lowest BCUT2D eigenvalue weighted by molar-refractivity contribution is -0.112. The first-order valence-electron chi connectivity index (χ1n) is 7.19. The summed E-state index contributed by atoms with van der Waals surface area (Å²) in [6, 6.07) is 14.1. The van der Waals surface area contributed by atoms with Crippen molar-refractivity contribution in [1.29, 1.82) is 5.26 Å². The van der Waals surface area contributed by atoms with Crippen LogP contribution in [-0.4, -0.2) is 24.1 Å². The highest BCUT2D eigenvalue weighted by Crippen LogP contribution is 2.15. The van der Waals surface area contributed by atoms with Gasteiger partial charge < -0.3 is 20.5 Å². The first-order valence-corrected chi connectivity index (χ1v) is 7.19. The second kappa shape index (κ2) is 8.17. The average Bonchev–Trinajstić information content (AvgIpc) is 2.63. The zero-order chi connectivity index (χ0) is 18.2. The van der Waals surface area contributed by atoms with E-state index in [4.69, 9.17) is 5.26 Å². The molecule has 0 aromatic heterocycles. The highest BCUT2D eigenvalue weighted by atomic mass is 16.5. The zero-order valence-electron chi connectivity index (χ0n) is 13.3. The normalized spacial score (nSPS) is 10.5. The number of phenolic OH excluding ortho intramolecular Hbond substituents is 1. The fourth-order valence-electron chi connectivity index (χ4n) is 1.90. The number of nitriles is 1. The second-order valence-electron chi connectivity index (χ2n) is 4.89. The molecule has 7 nitrogen and oxygen atoms in total. The topological polar surface area (TPSA) is 111 Å². The van der Waals surface area contributed by atoms with E-state index >= 15 is 0 Å². The summed E-state index contributed by atoms with van der Waals surface area (Å²) in [5.74, 6) is -1.02. The maximum atomic E-state index is 12.1. The van der Waals surface area contributed by atoms with E-state index in [0.717, 1.165) is 0 Å². The molecule has 7 heteroatoms. The number of phenols is 1. The van der Waals surface area contributed by atoms with Crippen LogP contribution in [0.1, 0.15) is 10.4 Å². The summed E-state index contributed by atoms with van der Waals surface area (Å²) in [7, 11) is 1.28. The fourth-order valence-corrected chi connectivity index (χ4v) is 1.90. The summed E-state index contributed by atoms with van der Waals surface area (Å²) in [6.45, 7) is 0. The van der Waals surface area contributed by atoms with Gasteiger partial charge in [-0.2, -0.15) is 5.26 Å². The Kier molecular flexibility index (Phi) is 5.74. The van der Waals surface area contributed by atoms with Crippen LogP contribution in [0.5, 0.6) is 5.75 Å². The Morgan fingerprint density at radius 2 is 1.88 bits per heavy atom. The SMILES string of the molecule is COC(=O)c1cccc(N/C=C(/C#N)C(=O)Nc2ccc(O)cc2)c1. The number of carbonyl (C=O) groups excluding carboxylic acids is 2. The molecule has 0 atom stereocenters. The number of methoxy groups -OCH3 is 1. The molecule has 3 N–H and O–H groups in total. The lowest BCUT2D eigenvalue weighted by Crippen LogP contribution is -2.14. The first kappa shape index (κ1) is 17.6. The van der Waals surface area contributed by atoms with Crippen LogP contribution in [0, 0.1) is 11.3 Å². The molecule has 1 amide bonds. The number of nitrogens with one attached hydrogen (secondary N) is 2. The first-order chi connectivity index (χ1) is 12.0. The molecular weight excluding hydrogens is 322 g/mol. The van der Waals surface area contributed by atoms with E-state index in [1.807, 2.05) is 0 Å². The molecule has 2 rings (SSSR count). The van der Waals surface area contributed by atoms with Gasteiger partial charge in [0.2, 0.25) is 0 Å². The molecule has 25 heavy (non-hydrogen) atoms. The van der Waals surface area contributed by atoms with Crippen LogP contribution in [0.3, 0.4) is 0 Å². The Hall–Kier alpha value is -3.79. The maximum absolute atomic E-state index is 12.1. The summed E-state index contributed by atoms with van der Waals surface area (Å²) in [5, 5.41) is 23.7. The number of hydrogen-bond donors (Lipinski definition) is 3. The number of aromatic hydroxyl groups is 1. The van der Waals surface area contributed by atoms with Gasteiger partial charge in [0.25, 0.3) is 5.91 Å². The van der Waals surface area contributed by atoms with Gasteiger partial charge in [-0.3, -0.25) is 4.79 Å². The number of ether oxygens (including phenoxy) is 1. The summed E-state index contributed by atoms with van der Waals surface area (Å²) >= 11 is 0. The van der Waals surface area contributed by atoms with E-state index in [1.165, 1.54) is 43.6 Å². The van der Waals surface area contributed by atoms with Gasteiger partial charge in [0.1, 0.15) is 17.4 Å². The smallest absolute Gasteiger partial charge is 0.337 e. The number of benzene rings is 2. The van der Waals surface area contributed by atoms with Crippen molar-refractivity contribution in [2.45, 2.75) is 0 Å². The van der Waals surface area contributed by atoms with E-state index in [2.05, 4.69) is 15.4 Å². The maximum Gasteiger partial charge on any atom is 0.337 e. The van der Waals surface area contributed by atoms with Crippen molar-refractivity contribution in [3.05, 3.63) is 65.9 Å². The third-order valence-electron chi connectivity index (χ3n) is 3.16. The molecule has 126 valence electrons. The Balaban J connectivity index is 2.09. The fraction of sp³-hybridized carbons (Fsp3) is 0.0556. The molecule has 0 unspecified atom stereocenters. The van der Waals surface area contributed by atoms with Gasteiger partial charge in [0, 0.05) is 17.6 Å². The highest BCUT2D eigenvalue weighted by molar-refractivity contribution is 6.06. The molecule has 0 aliphatic rings. The lowest BCUT2D eigenvalue weighted by Gasteiger charge is -2.06. The number of amides is 1. The van der Waals surface area contributed by atoms with E-state index in [0.29, 0.717) is 16.9 Å². The van der Waals surface area contributed by atoms with Crippen LogP contribution in [0.25, 0.3) is 0 Å². The molecule has 0 fully saturated rings. The van der Waals surface area contributed by atoms with Crippen molar-refractivity contribution in [3.63, 3.8) is 0 Å². The molecule has 0 aliphatic heterocycles. The highest BCUT2D eigenvalue weighted by Gasteiger charge is 2.10. The third-order valence-corrected chi connectivity index (χ3v) is 3.16. The summed E-state index contributed by atoms with van der Waals surface area (Å²) < 4.78 is 4.63. The molecule has 0 bridgehead atoms. The van der Waals surface area contributed by atoms with Crippen LogP contribution in [0.4, 0.5) is 11.4 Å². The summed E-state index contributed by atoms with van der Waals surface area (Å²) in [4.78, 5) is 23.6. The standard InChI is InChI=1S/C18H15N3O4/c1-25-18(24)12-3-2-4-15(9-12)20-11-13(10-19)17(23)21-14-5-7-16(22)8-6-14/h2-9,11,20,22H,1H3,(H,21,23)/b13-11-. The van der Waals surface area contributed by atoms with Crippen molar-refractivity contribution in [3.8, 4) is 11.8 Å². The quantitative estimate of drug-likeness (QED) is 0.335. The van der Waals surface area contributed by atoms with Gasteiger partial charge in [-0.25, -0.2) is 4.79 Å². The molecule has 0 heterocycles. The molecule has 0 spiro atoms. The van der Waals surface area contributed by atoms with Crippen LogP contribution >= 0.6 is 0 Å². The van der Waals surface area contributed by atoms with Gasteiger partial charge in [0.15, 0.2) is 0 Å². The van der Waals surface area contributed by atoms with Gasteiger partial charge in [-0.15, -0.1) is 0 Å². The largest absolute Gasteiger partial charge is 0.508 e. The number of hydrogen-bond acceptors (Lipinski definition) is 6. The number of anilines is 2. The van der Waals surface area contributed by atoms with Gasteiger partial charge in [0.05, 0.1) is 12.7 Å². The van der Waals surface area contributed by atoms with E-state index < -0.39 is 11.9 Å². The molecular formula is C18H15N3O4. The van der Waals surface area contributed by atoms with Crippen LogP contribution in [0.15, 0.2) is 60.3 Å². The minimum atomic E-state index is -0.607. The molecule has 0 saturated heterocycles. The predicted molar refractivity (Wildman–Crippen MR) is 91.8 cm³/mol. The number of esters is 1. The van der Waals surface area contributed by atoms with E-state index in [-0.39, 0.29) is 11.3 Å². The minimum Gasteiger partial charge on any atom is -0.508 e. The Morgan fingerprint density at radius 1 is 1.16 bits per heavy atom. The monoisotopic (exact) mass is 337 g/mol. The van der Waals surface area contributed by atoms with Gasteiger partial charge >= 0.3 is 5.97 Å². The average molecular weight is 337 g/mol. The van der Waals surface area contributed by atoms with Crippen LogP contribution < -0.4 is 10.6 Å². The minimum absolute atomic E-state index is 0.0706. The Bertz CT molecular complexity index is 851. The Labute approximate surface area is 144 Å². The van der Waals surface area contributed by atoms with Crippen molar-refractivity contribution >= 4 is 23.3 Å². The Morgan fingerprint density at radius 3 is 2.52 bits per heavy atom. The number of nitrogens with zero attached hydrogens (tertiary/aromatic N) is 1. The predicted octanol–water partition coefficient (Wildman–Crippen LogP) is 2.64. The summed E-state index contributed by atoms with van der Waals surface area (Å²) in [6.07, 6.45) is 1.24. The number of rotatable bonds is 5. The van der Waals surface area contributed by atoms with E-state index in [9.17, 15) is 14.7 Å². The van der Waals surface area contributed by atoms with Crippen molar-refractivity contribution in [2.75, 3.05) is 17.7 Å². The molecule has 0 aliphatic carbocycles. The second-order valence-corrected chi connectivity index (χ2v) is 4.89. The summed E-state index contributed by atoms with van der Waals surface area (Å²) in [5.41, 5.74) is 1.15. The van der Waals surface area contributed by atoms with Crippen molar-refractivity contribution in [2.24, 2.45) is 0 Å². The van der Waals surface area contributed by atoms with E-state index in [1.54, 1.807) is 24.3 Å².